The first-order chi connectivity index (χ1) is 21.0. The first-order valence-electron chi connectivity index (χ1n) is 15.2. The topological polar surface area (TPSA) is 114 Å². The molecule has 3 aromatic rings. The third kappa shape index (κ3) is 6.33. The molecule has 3 aliphatic rings. The van der Waals surface area contributed by atoms with Crippen molar-refractivity contribution in [2.75, 3.05) is 39.3 Å². The van der Waals surface area contributed by atoms with Crippen molar-refractivity contribution in [2.24, 2.45) is 5.92 Å². The van der Waals surface area contributed by atoms with E-state index < -0.39 is 5.92 Å². The summed E-state index contributed by atoms with van der Waals surface area (Å²) in [5.41, 5.74) is 2.99. The molecule has 1 aromatic heterocycles. The average Bonchev–Trinajstić information content (AvgIpc) is 3.78. The van der Waals surface area contributed by atoms with Crippen LogP contribution in [0.5, 0.6) is 5.75 Å². The first kappa shape index (κ1) is 28.6. The van der Waals surface area contributed by atoms with Gasteiger partial charge < -0.3 is 19.9 Å². The van der Waals surface area contributed by atoms with Crippen LogP contribution in [0.1, 0.15) is 63.4 Å². The molecule has 6 rings (SSSR count). The van der Waals surface area contributed by atoms with Crippen molar-refractivity contribution in [1.82, 2.24) is 24.9 Å². The minimum Gasteiger partial charge on any atom is -0.494 e. The second-order valence-electron chi connectivity index (χ2n) is 11.5. The van der Waals surface area contributed by atoms with Crippen molar-refractivity contribution in [3.63, 3.8) is 0 Å². The molecule has 0 saturated carbocycles. The van der Waals surface area contributed by atoms with Gasteiger partial charge in [-0.2, -0.15) is 5.10 Å². The summed E-state index contributed by atoms with van der Waals surface area (Å²) >= 11 is 0. The molecule has 1 saturated heterocycles. The molecule has 224 valence electrons. The maximum absolute atomic E-state index is 13.7. The molecule has 3 heterocycles. The summed E-state index contributed by atoms with van der Waals surface area (Å²) in [5.74, 6) is -0.0348. The second kappa shape index (κ2) is 12.8. The molecule has 1 fully saturated rings. The van der Waals surface area contributed by atoms with Crippen molar-refractivity contribution >= 4 is 23.5 Å². The lowest BCUT2D eigenvalue weighted by atomic mass is 9.88. The number of carbonyl (C=O) groups excluding carboxylic acids is 4. The highest BCUT2D eigenvalue weighted by Gasteiger charge is 2.40. The van der Waals surface area contributed by atoms with Crippen LogP contribution >= 0.6 is 0 Å². The molecule has 3 amide bonds. The van der Waals surface area contributed by atoms with Crippen LogP contribution in [0.2, 0.25) is 0 Å². The van der Waals surface area contributed by atoms with Crippen LogP contribution in [-0.2, 0) is 22.6 Å². The Hall–Kier alpha value is -4.47. The van der Waals surface area contributed by atoms with Crippen molar-refractivity contribution in [1.29, 1.82) is 0 Å². The molecular formula is C33H37N5O5. The molecule has 2 aliphatic heterocycles. The normalized spacial score (nSPS) is 20.6. The molecule has 0 radical (unpaired) electrons. The number of nitrogens with one attached hydrogen (secondary N) is 1. The first-order valence-corrected chi connectivity index (χ1v) is 15.2. The van der Waals surface area contributed by atoms with Gasteiger partial charge in [0.2, 0.25) is 11.8 Å². The van der Waals surface area contributed by atoms with E-state index in [1.54, 1.807) is 34.2 Å². The van der Waals surface area contributed by atoms with Crippen LogP contribution in [0.25, 0.3) is 0 Å². The van der Waals surface area contributed by atoms with E-state index >= 15 is 0 Å². The Bertz CT molecular complexity index is 1500. The highest BCUT2D eigenvalue weighted by molar-refractivity contribution is 6.05. The fourth-order valence-electron chi connectivity index (χ4n) is 6.50. The SMILES string of the molecule is O=C1CCc2c1cccc2C(=O)N1CCCOc2cccc(c2)[C@H]2CN(C(=O)CCCn3cccn3)C[C@@H]2C(=O)NCC1. The number of aromatic nitrogens is 2. The van der Waals surface area contributed by atoms with Gasteiger partial charge in [0.25, 0.3) is 5.91 Å². The number of amides is 3. The molecule has 1 aliphatic carbocycles. The summed E-state index contributed by atoms with van der Waals surface area (Å²) in [6, 6.07) is 15.0. The van der Waals surface area contributed by atoms with E-state index in [0.717, 1.165) is 11.1 Å². The van der Waals surface area contributed by atoms with E-state index in [9.17, 15) is 19.2 Å². The number of fused-ring (bicyclic) bond motifs is 5. The number of carbonyl (C=O) groups is 4. The molecule has 2 bridgehead atoms. The van der Waals surface area contributed by atoms with Gasteiger partial charge in [-0.25, -0.2) is 0 Å². The minimum atomic E-state index is -0.416. The van der Waals surface area contributed by atoms with Gasteiger partial charge >= 0.3 is 0 Å². The van der Waals surface area contributed by atoms with Gasteiger partial charge in [-0.15, -0.1) is 0 Å². The highest BCUT2D eigenvalue weighted by Crippen LogP contribution is 2.35. The van der Waals surface area contributed by atoms with Crippen LogP contribution in [-0.4, -0.2) is 82.4 Å². The molecule has 0 spiro atoms. The second-order valence-corrected chi connectivity index (χ2v) is 11.5. The number of rotatable bonds is 5. The van der Waals surface area contributed by atoms with Gasteiger partial charge in [0.1, 0.15) is 5.75 Å². The monoisotopic (exact) mass is 583 g/mol. The van der Waals surface area contributed by atoms with E-state index in [-0.39, 0.29) is 29.4 Å². The summed E-state index contributed by atoms with van der Waals surface area (Å²) in [5, 5.41) is 7.27. The fraction of sp³-hybridized carbons (Fsp3) is 0.424. The van der Waals surface area contributed by atoms with Crippen molar-refractivity contribution < 1.29 is 23.9 Å². The number of Topliss-reactive ketones (excluding diaryl/α,β-unsaturated/α-hetero) is 1. The highest BCUT2D eigenvalue weighted by atomic mass is 16.5. The quantitative estimate of drug-likeness (QED) is 0.494. The number of ketones is 1. The summed E-state index contributed by atoms with van der Waals surface area (Å²) < 4.78 is 7.89. The Morgan fingerprint density at radius 1 is 0.977 bits per heavy atom. The van der Waals surface area contributed by atoms with Crippen LogP contribution < -0.4 is 10.1 Å². The summed E-state index contributed by atoms with van der Waals surface area (Å²) in [6.07, 6.45) is 6.27. The van der Waals surface area contributed by atoms with Crippen LogP contribution in [0.4, 0.5) is 0 Å². The molecule has 43 heavy (non-hydrogen) atoms. The minimum absolute atomic E-state index is 0.0309. The van der Waals surface area contributed by atoms with E-state index in [0.29, 0.717) is 94.9 Å². The van der Waals surface area contributed by atoms with E-state index in [1.165, 1.54) is 0 Å². The Labute approximate surface area is 251 Å². The van der Waals surface area contributed by atoms with Crippen molar-refractivity contribution in [2.45, 2.75) is 44.6 Å². The predicted molar refractivity (Wildman–Crippen MR) is 159 cm³/mol. The Kier molecular flexibility index (Phi) is 8.53. The maximum Gasteiger partial charge on any atom is 0.254 e. The van der Waals surface area contributed by atoms with Crippen LogP contribution in [0.15, 0.2) is 60.9 Å². The third-order valence-corrected chi connectivity index (χ3v) is 8.75. The van der Waals surface area contributed by atoms with E-state index in [1.807, 2.05) is 41.2 Å². The lowest BCUT2D eigenvalue weighted by Gasteiger charge is -2.25. The average molecular weight is 584 g/mol. The largest absolute Gasteiger partial charge is 0.494 e. The van der Waals surface area contributed by atoms with Gasteiger partial charge in [-0.05, 0) is 54.7 Å². The lowest BCUT2D eigenvalue weighted by molar-refractivity contribution is -0.130. The van der Waals surface area contributed by atoms with Gasteiger partial charge in [-0.1, -0.05) is 24.3 Å². The molecule has 2 aromatic carbocycles. The zero-order valence-electron chi connectivity index (χ0n) is 24.2. The molecule has 2 atom stereocenters. The number of likely N-dealkylation sites (tertiary alicyclic amines) is 1. The van der Waals surface area contributed by atoms with Crippen molar-refractivity contribution in [3.8, 4) is 5.75 Å². The van der Waals surface area contributed by atoms with Gasteiger partial charge in [0.15, 0.2) is 5.78 Å². The fourth-order valence-corrected chi connectivity index (χ4v) is 6.50. The summed E-state index contributed by atoms with van der Waals surface area (Å²) in [4.78, 5) is 56.3. The number of nitrogens with zero attached hydrogens (tertiary/aromatic N) is 4. The Balaban J connectivity index is 1.17. The number of ether oxygens (including phenoxy) is 1. The van der Waals surface area contributed by atoms with Crippen LogP contribution in [0, 0.1) is 5.92 Å². The summed E-state index contributed by atoms with van der Waals surface area (Å²) in [7, 11) is 0. The Morgan fingerprint density at radius 3 is 2.70 bits per heavy atom. The maximum atomic E-state index is 13.7. The number of aryl methyl sites for hydroxylation is 1. The molecule has 0 unspecified atom stereocenters. The zero-order chi connectivity index (χ0) is 29.8. The standard InChI is InChI=1S/C33H37N5O5/c39-30-12-11-25-26(30)8-2-9-27(25)33(42)36-15-5-19-43-24-7-1-6-23(20-24)28-21-37(22-29(28)32(41)34-14-18-36)31(40)10-3-16-38-17-4-13-35-38/h1-2,4,6-9,13,17,20,28-29H,3,5,10-12,14-16,18-19,21-22H2,(H,34,41)/t28-,29+/m1/s1. The molecule has 1 N–H and O–H groups in total. The van der Waals surface area contributed by atoms with Crippen molar-refractivity contribution in [3.05, 3.63) is 83.2 Å². The third-order valence-electron chi connectivity index (χ3n) is 8.75. The number of hydrogen-bond donors (Lipinski definition) is 1. The lowest BCUT2D eigenvalue weighted by Crippen LogP contribution is -2.42. The number of hydrogen-bond acceptors (Lipinski definition) is 6. The van der Waals surface area contributed by atoms with E-state index in [2.05, 4.69) is 10.4 Å². The van der Waals surface area contributed by atoms with Gasteiger partial charge in [0.05, 0.1) is 12.5 Å². The Morgan fingerprint density at radius 2 is 1.84 bits per heavy atom. The van der Waals surface area contributed by atoms with Gasteiger partial charge in [-0.3, -0.25) is 23.9 Å². The molecule has 10 nitrogen and oxygen atoms in total. The zero-order valence-corrected chi connectivity index (χ0v) is 24.2. The summed E-state index contributed by atoms with van der Waals surface area (Å²) in [6.45, 7) is 2.98. The molecule has 10 heteroatoms. The smallest absolute Gasteiger partial charge is 0.254 e. The van der Waals surface area contributed by atoms with Crippen LogP contribution in [0.3, 0.4) is 0 Å². The molecular weight excluding hydrogens is 546 g/mol. The van der Waals surface area contributed by atoms with Gasteiger partial charge in [0, 0.05) is 81.5 Å². The van der Waals surface area contributed by atoms with E-state index in [4.69, 9.17) is 4.74 Å². The number of benzene rings is 2. The predicted octanol–water partition coefficient (Wildman–Crippen LogP) is 3.08.